The van der Waals surface area contributed by atoms with Crippen LogP contribution in [0.5, 0.6) is 5.75 Å². The van der Waals surface area contributed by atoms with E-state index in [1.54, 1.807) is 17.9 Å². The van der Waals surface area contributed by atoms with E-state index >= 15 is 0 Å². The number of hydrogen-bond acceptors (Lipinski definition) is 4. The molecule has 134 valence electrons. The van der Waals surface area contributed by atoms with E-state index < -0.39 is 6.10 Å². The summed E-state index contributed by atoms with van der Waals surface area (Å²) >= 11 is 0. The summed E-state index contributed by atoms with van der Waals surface area (Å²) in [6.07, 6.45) is 1.70. The van der Waals surface area contributed by atoms with Crippen molar-refractivity contribution < 1.29 is 19.4 Å². The minimum atomic E-state index is -0.570. The normalized spacial score (nSPS) is 18.5. The van der Waals surface area contributed by atoms with Gasteiger partial charge < -0.3 is 24.8 Å². The summed E-state index contributed by atoms with van der Waals surface area (Å²) < 4.78 is 11.3. The molecule has 0 radical (unpaired) electrons. The van der Waals surface area contributed by atoms with Gasteiger partial charge in [-0.05, 0) is 45.7 Å². The fourth-order valence-corrected chi connectivity index (χ4v) is 2.64. The van der Waals surface area contributed by atoms with E-state index in [1.165, 1.54) is 0 Å². The first-order valence-corrected chi connectivity index (χ1v) is 8.56. The second-order valence-electron chi connectivity index (χ2n) is 6.50. The topological polar surface area (TPSA) is 71.0 Å². The van der Waals surface area contributed by atoms with Gasteiger partial charge in [-0.25, -0.2) is 4.79 Å². The van der Waals surface area contributed by atoms with Crippen LogP contribution in [0.1, 0.15) is 33.6 Å². The number of nitrogens with zero attached hydrogens (tertiary/aromatic N) is 1. The number of benzene rings is 1. The molecule has 0 saturated carbocycles. The maximum atomic E-state index is 12.4. The van der Waals surface area contributed by atoms with Gasteiger partial charge in [0.1, 0.15) is 12.4 Å². The summed E-state index contributed by atoms with van der Waals surface area (Å²) in [4.78, 5) is 14.0. The van der Waals surface area contributed by atoms with Crippen LogP contribution in [0.2, 0.25) is 0 Å². The summed E-state index contributed by atoms with van der Waals surface area (Å²) in [5, 5.41) is 12.4. The molecule has 0 aromatic heterocycles. The molecule has 6 heteroatoms. The summed E-state index contributed by atoms with van der Waals surface area (Å²) in [6.45, 7) is 7.13. The SMILES string of the molecule is CC(C)N(C[C@H](C)O)C(=O)Nc1cccc(OC[C@H]2CCCO2)c1. The van der Waals surface area contributed by atoms with Crippen LogP contribution in [0.3, 0.4) is 0 Å². The highest BCUT2D eigenvalue weighted by molar-refractivity contribution is 5.89. The Balaban J connectivity index is 1.93. The lowest BCUT2D eigenvalue weighted by Crippen LogP contribution is -2.43. The van der Waals surface area contributed by atoms with Crippen LogP contribution in [0.25, 0.3) is 0 Å². The van der Waals surface area contributed by atoms with Crippen molar-refractivity contribution in [3.63, 3.8) is 0 Å². The number of carbonyl (C=O) groups is 1. The molecular weight excluding hydrogens is 308 g/mol. The van der Waals surface area contributed by atoms with Gasteiger partial charge in [-0.15, -0.1) is 0 Å². The van der Waals surface area contributed by atoms with Crippen LogP contribution in [0, 0.1) is 0 Å². The number of aliphatic hydroxyl groups is 1. The third-order valence-electron chi connectivity index (χ3n) is 3.89. The summed E-state index contributed by atoms with van der Waals surface area (Å²) in [7, 11) is 0. The Bertz CT molecular complexity index is 528. The standard InChI is InChI=1S/C18H28N2O4/c1-13(2)20(11-14(3)21)18(22)19-15-6-4-7-16(10-15)24-12-17-8-5-9-23-17/h4,6-7,10,13-14,17,21H,5,8-9,11-12H2,1-3H3,(H,19,22)/t14-,17+/m0/s1. The van der Waals surface area contributed by atoms with E-state index in [9.17, 15) is 9.90 Å². The van der Waals surface area contributed by atoms with E-state index in [-0.39, 0.29) is 18.2 Å². The lowest BCUT2D eigenvalue weighted by atomic mass is 10.2. The number of carbonyl (C=O) groups excluding carboxylic acids is 1. The highest BCUT2D eigenvalue weighted by Crippen LogP contribution is 2.20. The second-order valence-corrected chi connectivity index (χ2v) is 6.50. The zero-order valence-corrected chi connectivity index (χ0v) is 14.7. The Morgan fingerprint density at radius 3 is 2.88 bits per heavy atom. The van der Waals surface area contributed by atoms with Crippen molar-refractivity contribution in [3.05, 3.63) is 24.3 Å². The average Bonchev–Trinajstić information content (AvgIpc) is 3.04. The van der Waals surface area contributed by atoms with Crippen molar-refractivity contribution in [2.75, 3.05) is 25.1 Å². The van der Waals surface area contributed by atoms with Gasteiger partial charge in [-0.3, -0.25) is 0 Å². The molecule has 0 bridgehead atoms. The van der Waals surface area contributed by atoms with Crippen LogP contribution < -0.4 is 10.1 Å². The minimum Gasteiger partial charge on any atom is -0.491 e. The van der Waals surface area contributed by atoms with E-state index in [0.29, 0.717) is 24.6 Å². The van der Waals surface area contributed by atoms with Gasteiger partial charge in [-0.2, -0.15) is 0 Å². The van der Waals surface area contributed by atoms with Crippen LogP contribution in [-0.4, -0.2) is 54.0 Å². The maximum absolute atomic E-state index is 12.4. The molecule has 6 nitrogen and oxygen atoms in total. The van der Waals surface area contributed by atoms with Gasteiger partial charge in [0.15, 0.2) is 0 Å². The molecule has 1 fully saturated rings. The van der Waals surface area contributed by atoms with Crippen molar-refractivity contribution in [2.45, 2.75) is 51.9 Å². The monoisotopic (exact) mass is 336 g/mol. The molecule has 2 N–H and O–H groups in total. The molecule has 2 amide bonds. The first kappa shape index (κ1) is 18.5. The molecule has 1 aliphatic heterocycles. The lowest BCUT2D eigenvalue weighted by molar-refractivity contribution is 0.0680. The second kappa shape index (κ2) is 8.89. The van der Waals surface area contributed by atoms with Crippen molar-refractivity contribution in [1.82, 2.24) is 4.90 Å². The number of amides is 2. The molecule has 1 heterocycles. The zero-order chi connectivity index (χ0) is 17.5. The van der Waals surface area contributed by atoms with E-state index in [2.05, 4.69) is 5.32 Å². The summed E-state index contributed by atoms with van der Waals surface area (Å²) in [5.41, 5.74) is 0.668. The molecule has 2 atom stereocenters. The number of urea groups is 1. The highest BCUT2D eigenvalue weighted by atomic mass is 16.5. The Kier molecular flexibility index (Phi) is 6.87. The minimum absolute atomic E-state index is 0.00134. The first-order valence-electron chi connectivity index (χ1n) is 8.56. The lowest BCUT2D eigenvalue weighted by Gasteiger charge is -2.28. The van der Waals surface area contributed by atoms with Crippen LogP contribution >= 0.6 is 0 Å². The molecule has 0 unspecified atom stereocenters. The summed E-state index contributed by atoms with van der Waals surface area (Å²) in [6, 6.07) is 7.08. The van der Waals surface area contributed by atoms with Gasteiger partial charge >= 0.3 is 6.03 Å². The fraction of sp³-hybridized carbons (Fsp3) is 0.611. The molecule has 2 rings (SSSR count). The Morgan fingerprint density at radius 1 is 1.46 bits per heavy atom. The Morgan fingerprint density at radius 2 is 2.25 bits per heavy atom. The van der Waals surface area contributed by atoms with Gasteiger partial charge in [0.2, 0.25) is 0 Å². The molecule has 0 aliphatic carbocycles. The maximum Gasteiger partial charge on any atom is 0.322 e. The van der Waals surface area contributed by atoms with Crippen LogP contribution in [-0.2, 0) is 4.74 Å². The van der Waals surface area contributed by atoms with Gasteiger partial charge in [-0.1, -0.05) is 6.07 Å². The zero-order valence-electron chi connectivity index (χ0n) is 14.7. The number of nitrogens with one attached hydrogen (secondary N) is 1. The third kappa shape index (κ3) is 5.69. The van der Waals surface area contributed by atoms with Crippen molar-refractivity contribution in [3.8, 4) is 5.75 Å². The van der Waals surface area contributed by atoms with E-state index in [0.717, 1.165) is 19.4 Å². The number of hydrogen-bond donors (Lipinski definition) is 2. The quantitative estimate of drug-likeness (QED) is 0.803. The number of rotatable bonds is 7. The first-order chi connectivity index (χ1) is 11.5. The molecule has 1 aliphatic rings. The smallest absolute Gasteiger partial charge is 0.322 e. The Hall–Kier alpha value is -1.79. The third-order valence-corrected chi connectivity index (χ3v) is 3.89. The highest BCUT2D eigenvalue weighted by Gasteiger charge is 2.19. The van der Waals surface area contributed by atoms with Crippen molar-refractivity contribution in [1.29, 1.82) is 0 Å². The molecule has 0 spiro atoms. The van der Waals surface area contributed by atoms with Gasteiger partial charge in [0.25, 0.3) is 0 Å². The number of ether oxygens (including phenoxy) is 2. The molecule has 1 saturated heterocycles. The largest absolute Gasteiger partial charge is 0.491 e. The Labute approximate surface area is 143 Å². The van der Waals surface area contributed by atoms with Crippen LogP contribution in [0.15, 0.2) is 24.3 Å². The van der Waals surface area contributed by atoms with Gasteiger partial charge in [0.05, 0.1) is 12.2 Å². The molecule has 24 heavy (non-hydrogen) atoms. The number of anilines is 1. The molecular formula is C18H28N2O4. The number of aliphatic hydroxyl groups excluding tert-OH is 1. The van der Waals surface area contributed by atoms with E-state index in [1.807, 2.05) is 32.0 Å². The van der Waals surface area contributed by atoms with Gasteiger partial charge in [0, 0.05) is 30.9 Å². The predicted octanol–water partition coefficient (Wildman–Crippen LogP) is 2.87. The molecule has 1 aromatic rings. The predicted molar refractivity (Wildman–Crippen MR) is 93.5 cm³/mol. The fourth-order valence-electron chi connectivity index (χ4n) is 2.64. The average molecular weight is 336 g/mol. The van der Waals surface area contributed by atoms with E-state index in [4.69, 9.17) is 9.47 Å². The molecule has 1 aromatic carbocycles. The van der Waals surface area contributed by atoms with Crippen molar-refractivity contribution >= 4 is 11.7 Å². The van der Waals surface area contributed by atoms with Crippen LogP contribution in [0.4, 0.5) is 10.5 Å². The summed E-state index contributed by atoms with van der Waals surface area (Å²) in [5.74, 6) is 0.704. The van der Waals surface area contributed by atoms with Crippen molar-refractivity contribution in [2.24, 2.45) is 0 Å².